The molecule has 8 nitrogen and oxygen atoms in total. The average molecular weight is 344 g/mol. The largest absolute Gasteiger partial charge is 0.357 e. The van der Waals surface area contributed by atoms with Gasteiger partial charge >= 0.3 is 0 Å². The number of guanidine groups is 1. The Labute approximate surface area is 147 Å². The van der Waals surface area contributed by atoms with Gasteiger partial charge in [-0.3, -0.25) is 14.8 Å². The molecule has 134 valence electrons. The van der Waals surface area contributed by atoms with Crippen molar-refractivity contribution in [2.45, 2.75) is 33.9 Å². The van der Waals surface area contributed by atoms with Crippen LogP contribution in [0.25, 0.3) is 0 Å². The minimum absolute atomic E-state index is 0.0762. The van der Waals surface area contributed by atoms with Crippen LogP contribution in [0.2, 0.25) is 0 Å². The zero-order valence-electron chi connectivity index (χ0n) is 15.0. The Kier molecular flexibility index (Phi) is 6.10. The molecule has 2 aromatic rings. The van der Waals surface area contributed by atoms with Crippen LogP contribution in [0.3, 0.4) is 0 Å². The zero-order chi connectivity index (χ0) is 18.4. The van der Waals surface area contributed by atoms with E-state index in [0.717, 1.165) is 29.1 Å². The number of nitrogens with zero attached hydrogens (tertiary/aromatic N) is 4. The summed E-state index contributed by atoms with van der Waals surface area (Å²) in [6.45, 7) is 7.71. The van der Waals surface area contributed by atoms with E-state index in [2.05, 4.69) is 20.7 Å². The molecule has 0 atom stereocenters. The molecule has 1 heterocycles. The number of benzene rings is 1. The molecule has 0 fully saturated rings. The van der Waals surface area contributed by atoms with Gasteiger partial charge in [-0.05, 0) is 26.3 Å². The van der Waals surface area contributed by atoms with Crippen molar-refractivity contribution in [2.24, 2.45) is 12.0 Å². The number of rotatable bonds is 6. The molecule has 0 saturated carbocycles. The lowest BCUT2D eigenvalue weighted by Crippen LogP contribution is -2.37. The number of aryl methyl sites for hydroxylation is 2. The SMILES string of the molecule is CCNC(=NCc1cccc([N+](=O)[O-])c1)NCc1c(C)nn(C)c1C. The first-order valence-corrected chi connectivity index (χ1v) is 8.17. The van der Waals surface area contributed by atoms with Gasteiger partial charge in [-0.2, -0.15) is 5.10 Å². The number of hydrogen-bond acceptors (Lipinski definition) is 4. The van der Waals surface area contributed by atoms with Crippen LogP contribution in [-0.4, -0.2) is 27.2 Å². The fourth-order valence-corrected chi connectivity index (χ4v) is 2.53. The highest BCUT2D eigenvalue weighted by atomic mass is 16.6. The Bertz CT molecular complexity index is 781. The molecule has 0 unspecified atom stereocenters. The summed E-state index contributed by atoms with van der Waals surface area (Å²) in [5, 5.41) is 21.7. The highest BCUT2D eigenvalue weighted by Gasteiger charge is 2.10. The van der Waals surface area contributed by atoms with Crippen LogP contribution in [0.15, 0.2) is 29.3 Å². The average Bonchev–Trinajstić information content (AvgIpc) is 2.83. The molecular weight excluding hydrogens is 320 g/mol. The normalized spacial score (nSPS) is 11.4. The molecule has 2 rings (SSSR count). The molecule has 0 aliphatic heterocycles. The molecule has 0 radical (unpaired) electrons. The van der Waals surface area contributed by atoms with Crippen LogP contribution in [0.1, 0.15) is 29.4 Å². The van der Waals surface area contributed by atoms with E-state index in [4.69, 9.17) is 0 Å². The third-order valence-electron chi connectivity index (χ3n) is 3.98. The van der Waals surface area contributed by atoms with E-state index in [9.17, 15) is 10.1 Å². The molecule has 0 amide bonds. The van der Waals surface area contributed by atoms with Gasteiger partial charge < -0.3 is 10.6 Å². The van der Waals surface area contributed by atoms with E-state index < -0.39 is 4.92 Å². The molecule has 0 bridgehead atoms. The standard InChI is InChI=1S/C17H24N6O2/c1-5-18-17(20-11-16-12(2)21-22(4)13(16)3)19-10-14-7-6-8-15(9-14)23(24)25/h6-9H,5,10-11H2,1-4H3,(H2,18,19,20). The highest BCUT2D eigenvalue weighted by molar-refractivity contribution is 5.79. The lowest BCUT2D eigenvalue weighted by molar-refractivity contribution is -0.384. The number of nitro benzene ring substituents is 1. The maximum Gasteiger partial charge on any atom is 0.269 e. The molecule has 25 heavy (non-hydrogen) atoms. The van der Waals surface area contributed by atoms with Crippen molar-refractivity contribution >= 4 is 11.6 Å². The topological polar surface area (TPSA) is 97.4 Å². The Hall–Kier alpha value is -2.90. The molecule has 0 aliphatic rings. The second-order valence-corrected chi connectivity index (χ2v) is 5.75. The number of non-ortho nitro benzene ring substituents is 1. The summed E-state index contributed by atoms with van der Waals surface area (Å²) in [5.74, 6) is 0.664. The summed E-state index contributed by atoms with van der Waals surface area (Å²) >= 11 is 0. The van der Waals surface area contributed by atoms with Gasteiger partial charge in [0.25, 0.3) is 5.69 Å². The Balaban J connectivity index is 2.08. The molecule has 1 aromatic heterocycles. The highest BCUT2D eigenvalue weighted by Crippen LogP contribution is 2.14. The Morgan fingerprint density at radius 1 is 1.36 bits per heavy atom. The van der Waals surface area contributed by atoms with Crippen molar-refractivity contribution in [3.05, 3.63) is 56.9 Å². The van der Waals surface area contributed by atoms with Crippen LogP contribution in [-0.2, 0) is 20.1 Å². The molecule has 0 spiro atoms. The van der Waals surface area contributed by atoms with Gasteiger partial charge in [-0.25, -0.2) is 4.99 Å². The number of hydrogen-bond donors (Lipinski definition) is 2. The van der Waals surface area contributed by atoms with E-state index in [0.29, 0.717) is 19.0 Å². The van der Waals surface area contributed by atoms with Gasteiger partial charge in [0.05, 0.1) is 17.2 Å². The number of nitro groups is 1. The molecule has 0 saturated heterocycles. The summed E-state index contributed by atoms with van der Waals surface area (Å²) in [5.41, 5.74) is 4.11. The second kappa shape index (κ2) is 8.27. The van der Waals surface area contributed by atoms with E-state index in [1.807, 2.05) is 38.6 Å². The van der Waals surface area contributed by atoms with Crippen LogP contribution >= 0.6 is 0 Å². The van der Waals surface area contributed by atoms with Crippen molar-refractivity contribution in [3.8, 4) is 0 Å². The number of aliphatic imine (C=N–C) groups is 1. The van der Waals surface area contributed by atoms with Gasteiger partial charge in [0.15, 0.2) is 5.96 Å². The van der Waals surface area contributed by atoms with E-state index in [1.54, 1.807) is 12.1 Å². The maximum atomic E-state index is 10.9. The van der Waals surface area contributed by atoms with Gasteiger partial charge in [-0.15, -0.1) is 0 Å². The minimum Gasteiger partial charge on any atom is -0.357 e. The molecular formula is C17H24N6O2. The Morgan fingerprint density at radius 2 is 2.12 bits per heavy atom. The second-order valence-electron chi connectivity index (χ2n) is 5.75. The smallest absolute Gasteiger partial charge is 0.269 e. The van der Waals surface area contributed by atoms with Crippen molar-refractivity contribution in [1.82, 2.24) is 20.4 Å². The first kappa shape index (κ1) is 18.4. The van der Waals surface area contributed by atoms with Crippen LogP contribution < -0.4 is 10.6 Å². The first-order valence-electron chi connectivity index (χ1n) is 8.17. The predicted octanol–water partition coefficient (Wildman–Crippen LogP) is 2.20. The predicted molar refractivity (Wildman–Crippen MR) is 97.4 cm³/mol. The van der Waals surface area contributed by atoms with Crippen LogP contribution in [0.5, 0.6) is 0 Å². The first-order chi connectivity index (χ1) is 11.9. The summed E-state index contributed by atoms with van der Waals surface area (Å²) in [7, 11) is 1.92. The quantitative estimate of drug-likeness (QED) is 0.362. The van der Waals surface area contributed by atoms with Crippen LogP contribution in [0.4, 0.5) is 5.69 Å². The summed E-state index contributed by atoms with van der Waals surface area (Å²) in [6, 6.07) is 6.52. The number of nitrogens with one attached hydrogen (secondary N) is 2. The van der Waals surface area contributed by atoms with Crippen molar-refractivity contribution in [2.75, 3.05) is 6.54 Å². The Morgan fingerprint density at radius 3 is 2.72 bits per heavy atom. The lowest BCUT2D eigenvalue weighted by Gasteiger charge is -2.11. The third kappa shape index (κ3) is 4.79. The molecule has 2 N–H and O–H groups in total. The van der Waals surface area contributed by atoms with Gasteiger partial charge in [0.1, 0.15) is 0 Å². The maximum absolute atomic E-state index is 10.9. The third-order valence-corrected chi connectivity index (χ3v) is 3.98. The van der Waals surface area contributed by atoms with Crippen molar-refractivity contribution in [3.63, 3.8) is 0 Å². The monoisotopic (exact) mass is 344 g/mol. The van der Waals surface area contributed by atoms with Gasteiger partial charge in [0.2, 0.25) is 0 Å². The summed E-state index contributed by atoms with van der Waals surface area (Å²) in [6.07, 6.45) is 0. The van der Waals surface area contributed by atoms with Crippen molar-refractivity contribution < 1.29 is 4.92 Å². The van der Waals surface area contributed by atoms with Gasteiger partial charge in [-0.1, -0.05) is 12.1 Å². The summed E-state index contributed by atoms with van der Waals surface area (Å²) in [4.78, 5) is 15.0. The summed E-state index contributed by atoms with van der Waals surface area (Å²) < 4.78 is 1.86. The fraction of sp³-hybridized carbons (Fsp3) is 0.412. The van der Waals surface area contributed by atoms with Crippen LogP contribution in [0, 0.1) is 24.0 Å². The van der Waals surface area contributed by atoms with E-state index >= 15 is 0 Å². The molecule has 0 aliphatic carbocycles. The van der Waals surface area contributed by atoms with Gasteiger partial charge in [0, 0.05) is 43.5 Å². The number of aromatic nitrogens is 2. The van der Waals surface area contributed by atoms with E-state index in [1.165, 1.54) is 6.07 Å². The lowest BCUT2D eigenvalue weighted by atomic mass is 10.2. The van der Waals surface area contributed by atoms with Crippen molar-refractivity contribution in [1.29, 1.82) is 0 Å². The zero-order valence-corrected chi connectivity index (χ0v) is 15.0. The minimum atomic E-state index is -0.398. The fourth-order valence-electron chi connectivity index (χ4n) is 2.53. The van der Waals surface area contributed by atoms with E-state index in [-0.39, 0.29) is 5.69 Å². The molecule has 1 aromatic carbocycles. The molecule has 8 heteroatoms.